The van der Waals surface area contributed by atoms with Crippen LogP contribution in [0.25, 0.3) is 11.1 Å². The number of aromatic nitrogens is 1. The van der Waals surface area contributed by atoms with Gasteiger partial charge in [0, 0.05) is 41.8 Å². The summed E-state index contributed by atoms with van der Waals surface area (Å²) in [6, 6.07) is 11.1. The number of sulfonamides is 1. The molecule has 4 rings (SSSR count). The van der Waals surface area contributed by atoms with Crippen LogP contribution in [0.15, 0.2) is 41.2 Å². The third-order valence-corrected chi connectivity index (χ3v) is 6.68. The third kappa shape index (κ3) is 3.03. The van der Waals surface area contributed by atoms with Gasteiger partial charge in [-0.15, -0.1) is 0 Å². The summed E-state index contributed by atoms with van der Waals surface area (Å²) >= 11 is 5.93. The normalized spacial score (nSPS) is 23.3. The highest BCUT2D eigenvalue weighted by Crippen LogP contribution is 2.36. The van der Waals surface area contributed by atoms with Gasteiger partial charge >= 0.3 is 0 Å². The molecule has 0 radical (unpaired) electrons. The smallest absolute Gasteiger partial charge is 0.258 e. The molecule has 2 atom stereocenters. The monoisotopic (exact) mass is 378 g/mol. The van der Waals surface area contributed by atoms with E-state index in [1.807, 2.05) is 28.8 Å². The van der Waals surface area contributed by atoms with Crippen molar-refractivity contribution in [3.63, 3.8) is 0 Å². The lowest BCUT2D eigenvalue weighted by molar-refractivity contribution is 0.187. The second-order valence-corrected chi connectivity index (χ2v) is 9.39. The number of hydrogen-bond acceptors (Lipinski definition) is 3. The Hall–Kier alpha value is -1.63. The predicted octanol–water partition coefficient (Wildman–Crippen LogP) is 2.55. The minimum atomic E-state index is -3.20. The van der Waals surface area contributed by atoms with Crippen molar-refractivity contribution in [2.75, 3.05) is 19.3 Å². The van der Waals surface area contributed by atoms with Gasteiger partial charge in [-0.3, -0.25) is 4.79 Å². The van der Waals surface area contributed by atoms with Crippen molar-refractivity contribution >= 4 is 21.6 Å². The fraction of sp³-hybridized carbons (Fsp3) is 0.389. The van der Waals surface area contributed by atoms with E-state index in [1.54, 1.807) is 16.4 Å². The van der Waals surface area contributed by atoms with Crippen molar-refractivity contribution in [3.8, 4) is 11.1 Å². The van der Waals surface area contributed by atoms with Crippen LogP contribution in [0.2, 0.25) is 5.02 Å². The summed E-state index contributed by atoms with van der Waals surface area (Å²) in [5.74, 6) is 0.258. The third-order valence-electron chi connectivity index (χ3n) is 5.19. The molecule has 0 spiro atoms. The SMILES string of the molecule is CS(=O)(=O)N1CC2CC(C1)c1ccc(-c3ccc(Cl)cc3)c(=O)n1C2. The molecule has 2 bridgehead atoms. The second-order valence-electron chi connectivity index (χ2n) is 6.97. The van der Waals surface area contributed by atoms with Gasteiger partial charge in [-0.05, 0) is 42.2 Å². The van der Waals surface area contributed by atoms with Crippen LogP contribution in [-0.4, -0.2) is 36.6 Å². The number of piperidine rings is 1. The van der Waals surface area contributed by atoms with Gasteiger partial charge in [0.25, 0.3) is 5.56 Å². The molecule has 132 valence electrons. The molecule has 5 nitrogen and oxygen atoms in total. The Morgan fingerprint density at radius 2 is 1.76 bits per heavy atom. The van der Waals surface area contributed by atoms with E-state index in [0.29, 0.717) is 30.2 Å². The molecule has 25 heavy (non-hydrogen) atoms. The molecule has 1 aromatic heterocycles. The summed E-state index contributed by atoms with van der Waals surface area (Å²) in [6.45, 7) is 1.51. The Bertz CT molecular complexity index is 982. The van der Waals surface area contributed by atoms with Crippen LogP contribution in [0.3, 0.4) is 0 Å². The van der Waals surface area contributed by atoms with Crippen LogP contribution < -0.4 is 5.56 Å². The van der Waals surface area contributed by atoms with E-state index in [2.05, 4.69) is 0 Å². The van der Waals surface area contributed by atoms with Crippen molar-refractivity contribution in [3.05, 3.63) is 57.5 Å². The molecule has 0 saturated carbocycles. The number of pyridine rings is 1. The molecular weight excluding hydrogens is 360 g/mol. The summed E-state index contributed by atoms with van der Waals surface area (Å²) in [4.78, 5) is 13.0. The first-order valence-electron chi connectivity index (χ1n) is 8.28. The average Bonchev–Trinajstić information content (AvgIpc) is 2.56. The maximum atomic E-state index is 13.0. The minimum absolute atomic E-state index is 0.0117. The van der Waals surface area contributed by atoms with Gasteiger partial charge in [0.2, 0.25) is 10.0 Å². The van der Waals surface area contributed by atoms with Crippen LogP contribution in [-0.2, 0) is 16.6 Å². The van der Waals surface area contributed by atoms with Crippen molar-refractivity contribution in [2.45, 2.75) is 18.9 Å². The zero-order valence-corrected chi connectivity index (χ0v) is 15.4. The first kappa shape index (κ1) is 16.8. The van der Waals surface area contributed by atoms with Crippen molar-refractivity contribution < 1.29 is 8.42 Å². The molecule has 7 heteroatoms. The Labute approximate surface area is 151 Å². The van der Waals surface area contributed by atoms with Gasteiger partial charge in [0.05, 0.1) is 6.26 Å². The summed E-state index contributed by atoms with van der Waals surface area (Å²) in [5, 5.41) is 0.636. The molecule has 1 saturated heterocycles. The molecule has 0 aliphatic carbocycles. The van der Waals surface area contributed by atoms with Gasteiger partial charge in [-0.25, -0.2) is 12.7 Å². The average molecular weight is 379 g/mol. The minimum Gasteiger partial charge on any atom is -0.311 e. The van der Waals surface area contributed by atoms with E-state index in [4.69, 9.17) is 11.6 Å². The van der Waals surface area contributed by atoms with Crippen LogP contribution in [0.5, 0.6) is 0 Å². The molecule has 2 aliphatic heterocycles. The lowest BCUT2D eigenvalue weighted by Gasteiger charge is -2.41. The highest BCUT2D eigenvalue weighted by Gasteiger charge is 2.37. The quantitative estimate of drug-likeness (QED) is 0.806. The number of halogens is 1. The Balaban J connectivity index is 1.76. The van der Waals surface area contributed by atoms with E-state index in [-0.39, 0.29) is 17.4 Å². The molecular formula is C18H19ClN2O3S. The summed E-state index contributed by atoms with van der Waals surface area (Å²) in [5.41, 5.74) is 2.42. The Kier molecular flexibility index (Phi) is 4.02. The van der Waals surface area contributed by atoms with Crippen LogP contribution >= 0.6 is 11.6 Å². The van der Waals surface area contributed by atoms with E-state index < -0.39 is 10.0 Å². The van der Waals surface area contributed by atoms with E-state index in [9.17, 15) is 13.2 Å². The first-order chi connectivity index (χ1) is 11.8. The van der Waals surface area contributed by atoms with Crippen LogP contribution in [0.4, 0.5) is 0 Å². The molecule has 0 N–H and O–H groups in total. The zero-order chi connectivity index (χ0) is 17.8. The highest BCUT2D eigenvalue weighted by atomic mass is 35.5. The first-order valence-corrected chi connectivity index (χ1v) is 10.5. The number of rotatable bonds is 2. The van der Waals surface area contributed by atoms with Gasteiger partial charge in [-0.2, -0.15) is 0 Å². The van der Waals surface area contributed by atoms with Gasteiger partial charge in [0.15, 0.2) is 0 Å². The van der Waals surface area contributed by atoms with Gasteiger partial charge in [0.1, 0.15) is 0 Å². The molecule has 2 unspecified atom stereocenters. The fourth-order valence-corrected chi connectivity index (χ4v) is 5.08. The number of nitrogens with zero attached hydrogens (tertiary/aromatic N) is 2. The number of hydrogen-bond donors (Lipinski definition) is 0. The Morgan fingerprint density at radius 1 is 1.04 bits per heavy atom. The van der Waals surface area contributed by atoms with E-state index in [0.717, 1.165) is 17.7 Å². The molecule has 2 aromatic rings. The standard InChI is InChI=1S/C18H19ClN2O3S/c1-25(23,24)20-9-12-8-14(11-20)17-7-6-16(18(22)21(17)10-12)13-2-4-15(19)5-3-13/h2-7,12,14H,8-11H2,1H3. The molecule has 3 heterocycles. The van der Waals surface area contributed by atoms with Crippen LogP contribution in [0, 0.1) is 5.92 Å². The maximum absolute atomic E-state index is 13.0. The van der Waals surface area contributed by atoms with Crippen molar-refractivity contribution in [1.29, 1.82) is 0 Å². The lowest BCUT2D eigenvalue weighted by Crippen LogP contribution is -2.48. The predicted molar refractivity (Wildman–Crippen MR) is 98.4 cm³/mol. The molecule has 0 amide bonds. The summed E-state index contributed by atoms with van der Waals surface area (Å²) < 4.78 is 27.2. The summed E-state index contributed by atoms with van der Waals surface area (Å²) in [6.07, 6.45) is 2.19. The van der Waals surface area contributed by atoms with Crippen molar-refractivity contribution in [2.24, 2.45) is 5.92 Å². The summed E-state index contributed by atoms with van der Waals surface area (Å²) in [7, 11) is -3.20. The lowest BCUT2D eigenvalue weighted by atomic mass is 9.84. The Morgan fingerprint density at radius 3 is 2.44 bits per heavy atom. The molecule has 2 aliphatic rings. The second kappa shape index (κ2) is 5.97. The van der Waals surface area contributed by atoms with Gasteiger partial charge < -0.3 is 4.57 Å². The fourth-order valence-electron chi connectivity index (χ4n) is 4.02. The largest absolute Gasteiger partial charge is 0.311 e. The molecule has 1 fully saturated rings. The van der Waals surface area contributed by atoms with Crippen LogP contribution in [0.1, 0.15) is 18.0 Å². The maximum Gasteiger partial charge on any atom is 0.258 e. The van der Waals surface area contributed by atoms with Crippen molar-refractivity contribution in [1.82, 2.24) is 8.87 Å². The highest BCUT2D eigenvalue weighted by molar-refractivity contribution is 7.88. The number of fused-ring (bicyclic) bond motifs is 4. The van der Waals surface area contributed by atoms with E-state index >= 15 is 0 Å². The molecule has 1 aromatic carbocycles. The van der Waals surface area contributed by atoms with Gasteiger partial charge in [-0.1, -0.05) is 23.7 Å². The zero-order valence-electron chi connectivity index (χ0n) is 13.9. The number of benzene rings is 1. The topological polar surface area (TPSA) is 59.4 Å². The van der Waals surface area contributed by atoms with E-state index in [1.165, 1.54) is 6.26 Å².